The van der Waals surface area contributed by atoms with Crippen molar-refractivity contribution in [3.63, 3.8) is 0 Å². The molecule has 0 atom stereocenters. The van der Waals surface area contributed by atoms with Gasteiger partial charge in [-0.1, -0.05) is 45.8 Å². The lowest BCUT2D eigenvalue weighted by molar-refractivity contribution is 0.293. The molecule has 0 aliphatic rings. The molecule has 0 bridgehead atoms. The minimum absolute atomic E-state index is 0.574. The summed E-state index contributed by atoms with van der Waals surface area (Å²) in [5.74, 6) is 0. The van der Waals surface area contributed by atoms with E-state index in [4.69, 9.17) is 0 Å². The molecule has 0 aromatic heterocycles. The maximum absolute atomic E-state index is 2.40. The number of allylic oxidation sites excluding steroid dienone is 2. The van der Waals surface area contributed by atoms with Crippen LogP contribution in [0.3, 0.4) is 0 Å². The highest BCUT2D eigenvalue weighted by Crippen LogP contribution is 2.28. The zero-order valence-electron chi connectivity index (χ0n) is 9.90. The third kappa shape index (κ3) is 8.08. The Bertz CT molecular complexity index is 131. The first-order valence-electron chi connectivity index (χ1n) is 5.73. The molecule has 0 N–H and O–H groups in total. The molecule has 0 radical (unpaired) electrons. The van der Waals surface area contributed by atoms with Gasteiger partial charge in [0.1, 0.15) is 0 Å². The number of hydrogen-bond acceptors (Lipinski definition) is 0. The topological polar surface area (TPSA) is 0 Å². The van der Waals surface area contributed by atoms with Crippen LogP contribution in [-0.2, 0) is 0 Å². The zero-order chi connectivity index (χ0) is 10.2. The van der Waals surface area contributed by atoms with Crippen molar-refractivity contribution in [1.29, 1.82) is 0 Å². The first-order valence-corrected chi connectivity index (χ1v) is 5.73. The second kappa shape index (κ2) is 7.17. The molecule has 0 spiro atoms. The van der Waals surface area contributed by atoms with Crippen molar-refractivity contribution in [3.05, 3.63) is 12.2 Å². The van der Waals surface area contributed by atoms with Crippen molar-refractivity contribution in [2.45, 2.75) is 66.2 Å². The SMILES string of the molecule is CC=CCCCCC(C)(C)CCC. The monoisotopic (exact) mass is 182 g/mol. The van der Waals surface area contributed by atoms with Crippen LogP contribution >= 0.6 is 0 Å². The van der Waals surface area contributed by atoms with Gasteiger partial charge in [-0.3, -0.25) is 0 Å². The summed E-state index contributed by atoms with van der Waals surface area (Å²) in [4.78, 5) is 0. The standard InChI is InChI=1S/C13H26/c1-5-7-8-9-10-12-13(3,4)11-6-2/h5,7H,6,8-12H2,1-4H3. The van der Waals surface area contributed by atoms with Crippen LogP contribution in [0.2, 0.25) is 0 Å². The van der Waals surface area contributed by atoms with E-state index < -0.39 is 0 Å². The summed E-state index contributed by atoms with van der Waals surface area (Å²) in [6.07, 6.45) is 12.5. The molecule has 0 heteroatoms. The van der Waals surface area contributed by atoms with E-state index >= 15 is 0 Å². The maximum atomic E-state index is 2.40. The third-order valence-electron chi connectivity index (χ3n) is 2.64. The lowest BCUT2D eigenvalue weighted by atomic mass is 9.83. The van der Waals surface area contributed by atoms with Gasteiger partial charge in [0.05, 0.1) is 0 Å². The molecule has 0 amide bonds. The van der Waals surface area contributed by atoms with Crippen LogP contribution in [0.1, 0.15) is 66.2 Å². The highest BCUT2D eigenvalue weighted by atomic mass is 14.2. The van der Waals surface area contributed by atoms with E-state index in [0.717, 1.165) is 0 Å². The molecule has 13 heavy (non-hydrogen) atoms. The molecule has 0 unspecified atom stereocenters. The van der Waals surface area contributed by atoms with Gasteiger partial charge >= 0.3 is 0 Å². The van der Waals surface area contributed by atoms with Gasteiger partial charge in [0.15, 0.2) is 0 Å². The Morgan fingerprint density at radius 1 is 1.08 bits per heavy atom. The molecular weight excluding hydrogens is 156 g/mol. The van der Waals surface area contributed by atoms with Gasteiger partial charge < -0.3 is 0 Å². The van der Waals surface area contributed by atoms with Gasteiger partial charge in [-0.2, -0.15) is 0 Å². The van der Waals surface area contributed by atoms with Gasteiger partial charge in [0, 0.05) is 0 Å². The van der Waals surface area contributed by atoms with E-state index in [9.17, 15) is 0 Å². The van der Waals surface area contributed by atoms with Crippen LogP contribution in [0.25, 0.3) is 0 Å². The lowest BCUT2D eigenvalue weighted by Gasteiger charge is -2.23. The molecule has 0 saturated carbocycles. The Balaban J connectivity index is 3.39. The predicted octanol–water partition coefficient (Wildman–Crippen LogP) is 4.95. The Hall–Kier alpha value is -0.260. The fourth-order valence-electron chi connectivity index (χ4n) is 1.83. The molecule has 0 aliphatic heterocycles. The summed E-state index contributed by atoms with van der Waals surface area (Å²) >= 11 is 0. The summed E-state index contributed by atoms with van der Waals surface area (Å²) in [6, 6.07) is 0. The van der Waals surface area contributed by atoms with Gasteiger partial charge in [-0.05, 0) is 38.0 Å². The fourth-order valence-corrected chi connectivity index (χ4v) is 1.83. The molecule has 0 nitrogen and oxygen atoms in total. The molecule has 0 aromatic carbocycles. The van der Waals surface area contributed by atoms with Crippen LogP contribution < -0.4 is 0 Å². The summed E-state index contributed by atoms with van der Waals surface area (Å²) in [7, 11) is 0. The molecule has 0 heterocycles. The van der Waals surface area contributed by atoms with E-state index in [-0.39, 0.29) is 0 Å². The number of hydrogen-bond donors (Lipinski definition) is 0. The molecule has 0 rings (SSSR count). The Morgan fingerprint density at radius 3 is 2.31 bits per heavy atom. The van der Waals surface area contributed by atoms with Gasteiger partial charge in [0.2, 0.25) is 0 Å². The van der Waals surface area contributed by atoms with Crippen LogP contribution in [0, 0.1) is 5.41 Å². The predicted molar refractivity (Wildman–Crippen MR) is 62.0 cm³/mol. The highest BCUT2D eigenvalue weighted by molar-refractivity contribution is 4.77. The second-order valence-electron chi connectivity index (χ2n) is 4.73. The first kappa shape index (κ1) is 12.7. The van der Waals surface area contributed by atoms with Crippen molar-refractivity contribution in [3.8, 4) is 0 Å². The average molecular weight is 182 g/mol. The molecule has 0 fully saturated rings. The summed E-state index contributed by atoms with van der Waals surface area (Å²) in [5.41, 5.74) is 0.574. The van der Waals surface area contributed by atoms with Gasteiger partial charge in [-0.25, -0.2) is 0 Å². The van der Waals surface area contributed by atoms with Crippen molar-refractivity contribution < 1.29 is 0 Å². The summed E-state index contributed by atoms with van der Waals surface area (Å²) in [5, 5.41) is 0. The largest absolute Gasteiger partial charge is 0.0917 e. The Morgan fingerprint density at radius 2 is 1.77 bits per heavy atom. The van der Waals surface area contributed by atoms with E-state index in [1.807, 2.05) is 0 Å². The molecule has 0 saturated heterocycles. The lowest BCUT2D eigenvalue weighted by Crippen LogP contribution is -2.10. The molecule has 0 aromatic rings. The van der Waals surface area contributed by atoms with Crippen LogP contribution in [0.5, 0.6) is 0 Å². The molecule has 78 valence electrons. The minimum Gasteiger partial charge on any atom is -0.0917 e. The van der Waals surface area contributed by atoms with Crippen LogP contribution in [-0.4, -0.2) is 0 Å². The van der Waals surface area contributed by atoms with E-state index in [1.54, 1.807) is 0 Å². The van der Waals surface area contributed by atoms with E-state index in [2.05, 4.69) is 39.8 Å². The van der Waals surface area contributed by atoms with Crippen molar-refractivity contribution in [1.82, 2.24) is 0 Å². The molecular formula is C13H26. The zero-order valence-corrected chi connectivity index (χ0v) is 9.90. The quantitative estimate of drug-likeness (QED) is 0.386. The van der Waals surface area contributed by atoms with Crippen LogP contribution in [0.4, 0.5) is 0 Å². The van der Waals surface area contributed by atoms with E-state index in [1.165, 1.54) is 38.5 Å². The van der Waals surface area contributed by atoms with Crippen molar-refractivity contribution >= 4 is 0 Å². The van der Waals surface area contributed by atoms with E-state index in [0.29, 0.717) is 5.41 Å². The van der Waals surface area contributed by atoms with Gasteiger partial charge in [0.25, 0.3) is 0 Å². The van der Waals surface area contributed by atoms with Gasteiger partial charge in [-0.15, -0.1) is 0 Å². The summed E-state index contributed by atoms with van der Waals surface area (Å²) < 4.78 is 0. The number of unbranched alkanes of at least 4 members (excludes halogenated alkanes) is 2. The first-order chi connectivity index (χ1) is 6.12. The highest BCUT2D eigenvalue weighted by Gasteiger charge is 2.14. The Labute approximate surface area is 84.4 Å². The van der Waals surface area contributed by atoms with Crippen LogP contribution in [0.15, 0.2) is 12.2 Å². The third-order valence-corrected chi connectivity index (χ3v) is 2.64. The maximum Gasteiger partial charge on any atom is -0.0351 e. The average Bonchev–Trinajstić information content (AvgIpc) is 2.04. The van der Waals surface area contributed by atoms with Crippen molar-refractivity contribution in [2.75, 3.05) is 0 Å². The summed E-state index contributed by atoms with van der Waals surface area (Å²) in [6.45, 7) is 9.17. The number of rotatable bonds is 7. The smallest absolute Gasteiger partial charge is 0.0351 e. The fraction of sp³-hybridized carbons (Fsp3) is 0.846. The second-order valence-corrected chi connectivity index (χ2v) is 4.73. The Kier molecular flexibility index (Phi) is 7.03. The molecule has 0 aliphatic carbocycles. The minimum atomic E-state index is 0.574. The normalized spacial score (nSPS) is 12.6. The van der Waals surface area contributed by atoms with Crippen molar-refractivity contribution in [2.24, 2.45) is 5.41 Å².